The quantitative estimate of drug-likeness (QED) is 0.0578. The number of aliphatic hydroxyl groups is 2. The number of allylic oxidation sites excluding steroid dienone is 1. The van der Waals surface area contributed by atoms with E-state index < -0.39 is 47.6 Å². The van der Waals surface area contributed by atoms with E-state index in [0.717, 1.165) is 24.0 Å². The highest BCUT2D eigenvalue weighted by atomic mass is 16.5. The molecule has 334 valence electrons. The SMILES string of the molecule is O=C(O)c1cc(O)c(O)c(O)c1.O=C/C=C/c1ccccc1.Oc1cc(O)c2c(c1)O[C@H](c1ccc(O)c(O)c1)[C@@H](O)C2.Oc1cc(O)c2c(c1)O[C@H](c1ccc(O)c(O)c1)[C@H](O)C2. The Balaban J connectivity index is 0.000000168. The van der Waals surface area contributed by atoms with Gasteiger partial charge in [0.2, 0.25) is 0 Å². The largest absolute Gasteiger partial charge is 0.508 e. The molecule has 0 fully saturated rings. The van der Waals surface area contributed by atoms with E-state index in [1.807, 2.05) is 30.3 Å². The second-order valence-corrected chi connectivity index (χ2v) is 14.1. The van der Waals surface area contributed by atoms with Crippen molar-refractivity contribution < 1.29 is 90.6 Å². The van der Waals surface area contributed by atoms with Crippen molar-refractivity contribution in [2.24, 2.45) is 0 Å². The molecule has 0 aliphatic carbocycles. The fourth-order valence-electron chi connectivity index (χ4n) is 6.37. The van der Waals surface area contributed by atoms with Crippen molar-refractivity contribution in [1.29, 1.82) is 0 Å². The second kappa shape index (κ2) is 20.4. The molecule has 0 bridgehead atoms. The molecule has 18 nitrogen and oxygen atoms in total. The average Bonchev–Trinajstić information content (AvgIpc) is 3.25. The monoisotopic (exact) mass is 882 g/mol. The van der Waals surface area contributed by atoms with E-state index in [2.05, 4.69) is 0 Å². The minimum atomic E-state index is -1.29. The van der Waals surface area contributed by atoms with Gasteiger partial charge in [0.05, 0.1) is 17.8 Å². The Kier molecular flexibility index (Phi) is 14.8. The lowest BCUT2D eigenvalue weighted by Crippen LogP contribution is -2.30. The number of benzene rings is 6. The third-order valence-corrected chi connectivity index (χ3v) is 9.51. The number of hydrogen-bond acceptors (Lipinski definition) is 17. The van der Waals surface area contributed by atoms with Crippen LogP contribution in [0.3, 0.4) is 0 Å². The minimum absolute atomic E-state index is 0.143. The van der Waals surface area contributed by atoms with Crippen molar-refractivity contribution in [2.45, 2.75) is 37.3 Å². The number of phenolic OH excluding ortho intramolecular Hbond substituents is 11. The van der Waals surface area contributed by atoms with Crippen LogP contribution in [0.4, 0.5) is 0 Å². The van der Waals surface area contributed by atoms with Crippen LogP contribution in [0, 0.1) is 0 Å². The van der Waals surface area contributed by atoms with Crippen molar-refractivity contribution in [3.8, 4) is 74.7 Å². The molecule has 6 aromatic rings. The molecule has 2 heterocycles. The second-order valence-electron chi connectivity index (χ2n) is 14.1. The number of aldehydes is 1. The zero-order valence-electron chi connectivity index (χ0n) is 33.2. The number of aliphatic hydroxyl groups excluding tert-OH is 2. The van der Waals surface area contributed by atoms with Gasteiger partial charge in [0, 0.05) is 48.2 Å². The van der Waals surface area contributed by atoms with E-state index in [1.54, 1.807) is 6.08 Å². The lowest BCUT2D eigenvalue weighted by atomic mass is 9.94. The van der Waals surface area contributed by atoms with Crippen molar-refractivity contribution in [3.05, 3.63) is 143 Å². The van der Waals surface area contributed by atoms with E-state index in [9.17, 15) is 60.7 Å². The van der Waals surface area contributed by atoms with Gasteiger partial charge in [0.1, 0.15) is 53.0 Å². The Bertz CT molecular complexity index is 2500. The highest BCUT2D eigenvalue weighted by molar-refractivity contribution is 5.89. The minimum Gasteiger partial charge on any atom is -0.508 e. The number of ether oxygens (including phenoxy) is 2. The predicted octanol–water partition coefficient (Wildman–Crippen LogP) is 5.49. The number of carbonyl (C=O) groups excluding carboxylic acids is 1. The van der Waals surface area contributed by atoms with Gasteiger partial charge in [0.25, 0.3) is 0 Å². The van der Waals surface area contributed by atoms with Crippen LogP contribution in [-0.4, -0.2) is 96.0 Å². The van der Waals surface area contributed by atoms with Crippen LogP contribution in [0.2, 0.25) is 0 Å². The summed E-state index contributed by atoms with van der Waals surface area (Å²) >= 11 is 0. The Hall–Kier alpha value is -8.48. The summed E-state index contributed by atoms with van der Waals surface area (Å²) in [7, 11) is 0. The van der Waals surface area contributed by atoms with Crippen molar-refractivity contribution in [2.75, 3.05) is 0 Å². The van der Waals surface area contributed by atoms with Gasteiger partial charge in [-0.1, -0.05) is 48.5 Å². The normalized spacial score (nSPS) is 16.9. The van der Waals surface area contributed by atoms with Crippen molar-refractivity contribution >= 4 is 18.3 Å². The number of hydrogen-bond donors (Lipinski definition) is 14. The van der Waals surface area contributed by atoms with E-state index in [4.69, 9.17) is 29.9 Å². The maximum atomic E-state index is 10.3. The topological polar surface area (TPSA) is 336 Å². The number of rotatable bonds is 5. The van der Waals surface area contributed by atoms with Crippen LogP contribution >= 0.6 is 0 Å². The van der Waals surface area contributed by atoms with Crippen LogP contribution in [0.1, 0.15) is 50.4 Å². The molecule has 0 saturated heterocycles. The molecule has 0 amide bonds. The van der Waals surface area contributed by atoms with Crippen LogP contribution < -0.4 is 9.47 Å². The van der Waals surface area contributed by atoms with E-state index in [1.165, 1.54) is 66.7 Å². The third kappa shape index (κ3) is 11.5. The average molecular weight is 883 g/mol. The van der Waals surface area contributed by atoms with Gasteiger partial charge in [-0.2, -0.15) is 0 Å². The molecule has 0 unspecified atom stereocenters. The molecule has 4 atom stereocenters. The van der Waals surface area contributed by atoms with E-state index in [0.29, 0.717) is 22.3 Å². The third-order valence-electron chi connectivity index (χ3n) is 9.51. The molecule has 14 N–H and O–H groups in total. The van der Waals surface area contributed by atoms with E-state index in [-0.39, 0.29) is 75.9 Å². The van der Waals surface area contributed by atoms with Crippen molar-refractivity contribution in [1.82, 2.24) is 0 Å². The summed E-state index contributed by atoms with van der Waals surface area (Å²) < 4.78 is 11.2. The summed E-state index contributed by atoms with van der Waals surface area (Å²) in [6, 6.07) is 24.7. The lowest BCUT2D eigenvalue weighted by molar-refractivity contribution is -0.104. The molecule has 0 spiro atoms. The summed E-state index contributed by atoms with van der Waals surface area (Å²) in [4.78, 5) is 20.2. The van der Waals surface area contributed by atoms with Crippen molar-refractivity contribution in [3.63, 3.8) is 0 Å². The van der Waals surface area contributed by atoms with Crippen LogP contribution in [0.5, 0.6) is 74.7 Å². The summed E-state index contributed by atoms with van der Waals surface area (Å²) in [6.45, 7) is 0. The predicted molar refractivity (Wildman–Crippen MR) is 225 cm³/mol. The molecule has 18 heteroatoms. The van der Waals surface area contributed by atoms with Gasteiger partial charge in [-0.05, 0) is 59.2 Å². The molecule has 6 aromatic carbocycles. The highest BCUT2D eigenvalue weighted by Gasteiger charge is 2.34. The number of phenols is 11. The number of carboxylic acid groups (broad SMARTS) is 1. The molecule has 2 aliphatic heterocycles. The van der Waals surface area contributed by atoms with Crippen LogP contribution in [-0.2, 0) is 17.6 Å². The Labute approximate surface area is 362 Å². The first-order valence-corrected chi connectivity index (χ1v) is 18.8. The maximum Gasteiger partial charge on any atom is 0.335 e. The number of fused-ring (bicyclic) bond motifs is 2. The van der Waals surface area contributed by atoms with Gasteiger partial charge in [-0.3, -0.25) is 4.79 Å². The first kappa shape index (κ1) is 46.6. The molecular formula is C46H42O18. The molecule has 0 aromatic heterocycles. The first-order chi connectivity index (χ1) is 30.4. The van der Waals surface area contributed by atoms with Gasteiger partial charge in [-0.25, -0.2) is 4.79 Å². The molecule has 0 radical (unpaired) electrons. The Morgan fingerprint density at radius 2 is 0.953 bits per heavy atom. The fraction of sp³-hybridized carbons (Fsp3) is 0.130. The van der Waals surface area contributed by atoms with Crippen LogP contribution in [0.15, 0.2) is 109 Å². The van der Waals surface area contributed by atoms with E-state index >= 15 is 0 Å². The smallest absolute Gasteiger partial charge is 0.335 e. The standard InChI is InChI=1S/2C15H14O6.C9H8O.C7H6O5/c2*16-8-4-11(18)9-6-13(20)15(21-14(9)5-8)7-1-2-10(17)12(19)3-7;10-8-4-7-9-5-2-1-3-6-9;8-4-1-3(7(11)12)2-5(9)6(4)10/h2*1-5,13,15-20H,6H2;1-8H;1-2,8-10H,(H,11,12)/b;;7-4+;/t13-,15+;13-,15-;;/m01../s1. The number of carboxylic acids is 1. The van der Waals surface area contributed by atoms with Gasteiger partial charge in [-0.15, -0.1) is 0 Å². The Morgan fingerprint density at radius 3 is 1.34 bits per heavy atom. The number of aromatic carboxylic acids is 1. The summed E-state index contributed by atoms with van der Waals surface area (Å²) in [5, 5.41) is 132. The molecule has 0 saturated carbocycles. The van der Waals surface area contributed by atoms with Gasteiger partial charge < -0.3 is 81.0 Å². The van der Waals surface area contributed by atoms with Gasteiger partial charge >= 0.3 is 5.97 Å². The maximum absolute atomic E-state index is 10.3. The zero-order chi connectivity index (χ0) is 46.8. The number of carbonyl (C=O) groups is 2. The molecule has 8 rings (SSSR count). The Morgan fingerprint density at radius 1 is 0.516 bits per heavy atom. The molecule has 2 aliphatic rings. The van der Waals surface area contributed by atoms with Crippen LogP contribution in [0.25, 0.3) is 6.08 Å². The van der Waals surface area contributed by atoms with Gasteiger partial charge in [0.15, 0.2) is 40.2 Å². The molecular weight excluding hydrogens is 840 g/mol. The first-order valence-electron chi connectivity index (χ1n) is 18.8. The summed E-state index contributed by atoms with van der Waals surface area (Å²) in [5.74, 6) is -4.51. The number of aromatic hydroxyl groups is 11. The zero-order valence-corrected chi connectivity index (χ0v) is 33.2. The highest BCUT2D eigenvalue weighted by Crippen LogP contribution is 2.44. The summed E-state index contributed by atoms with van der Waals surface area (Å²) in [6.07, 6.45) is 0.904. The fourth-order valence-corrected chi connectivity index (χ4v) is 6.37. The summed E-state index contributed by atoms with van der Waals surface area (Å²) in [5.41, 5.74) is 2.55. The molecule has 64 heavy (non-hydrogen) atoms. The lowest BCUT2D eigenvalue weighted by Gasteiger charge is -2.31.